The predicted molar refractivity (Wildman–Crippen MR) is 109 cm³/mol. The molecule has 2 aromatic carbocycles. The van der Waals surface area contributed by atoms with Crippen molar-refractivity contribution in [2.75, 3.05) is 18.8 Å². The molecule has 0 radical (unpaired) electrons. The fraction of sp³-hybridized carbons (Fsp3) is 0.364. The van der Waals surface area contributed by atoms with Gasteiger partial charge >= 0.3 is 5.97 Å². The van der Waals surface area contributed by atoms with Crippen LogP contribution in [0.3, 0.4) is 0 Å². The second-order valence-corrected chi connectivity index (χ2v) is 9.16. The van der Waals surface area contributed by atoms with Crippen LogP contribution < -0.4 is 0 Å². The fourth-order valence-electron chi connectivity index (χ4n) is 3.32. The lowest BCUT2D eigenvalue weighted by atomic mass is 10.1. The van der Waals surface area contributed by atoms with Crippen molar-refractivity contribution in [3.63, 3.8) is 0 Å². The minimum atomic E-state index is -3.59. The molecular weight excluding hydrogens is 390 g/mol. The Labute approximate surface area is 171 Å². The number of esters is 1. The number of nitrogens with zero attached hydrogens (tertiary/aromatic N) is 1. The second kappa shape index (κ2) is 9.69. The maximum Gasteiger partial charge on any atom is 0.307 e. The molecule has 1 fully saturated rings. The van der Waals surface area contributed by atoms with Gasteiger partial charge in [-0.05, 0) is 31.4 Å². The summed E-state index contributed by atoms with van der Waals surface area (Å²) in [5.74, 6) is -1.33. The summed E-state index contributed by atoms with van der Waals surface area (Å²) >= 11 is 0. The van der Waals surface area contributed by atoms with Gasteiger partial charge in [-0.2, -0.15) is 0 Å². The third-order valence-electron chi connectivity index (χ3n) is 4.92. The Morgan fingerprint density at radius 1 is 0.897 bits per heavy atom. The molecule has 0 aromatic heterocycles. The summed E-state index contributed by atoms with van der Waals surface area (Å²) in [5.41, 5.74) is 0.585. The maximum atomic E-state index is 13.0. The summed E-state index contributed by atoms with van der Waals surface area (Å²) in [6.07, 6.45) is 1.57. The molecule has 0 saturated carbocycles. The van der Waals surface area contributed by atoms with Crippen LogP contribution in [0.25, 0.3) is 0 Å². The Morgan fingerprint density at radius 2 is 1.48 bits per heavy atom. The van der Waals surface area contributed by atoms with Crippen molar-refractivity contribution in [2.45, 2.75) is 36.7 Å². The molecule has 0 aliphatic carbocycles. The smallest absolute Gasteiger partial charge is 0.307 e. The topological polar surface area (TPSA) is 80.7 Å². The van der Waals surface area contributed by atoms with Crippen molar-refractivity contribution in [3.05, 3.63) is 66.2 Å². The van der Waals surface area contributed by atoms with Gasteiger partial charge in [0, 0.05) is 18.7 Å². The molecule has 6 nitrogen and oxygen atoms in total. The highest BCUT2D eigenvalue weighted by molar-refractivity contribution is 7.91. The number of likely N-dealkylation sites (tertiary alicyclic amines) is 1. The number of ether oxygens (including phenoxy) is 1. The van der Waals surface area contributed by atoms with Gasteiger partial charge in [-0.25, -0.2) is 8.42 Å². The van der Waals surface area contributed by atoms with Crippen LogP contribution in [0.1, 0.15) is 37.4 Å². The van der Waals surface area contributed by atoms with Crippen LogP contribution >= 0.6 is 0 Å². The fourth-order valence-corrected chi connectivity index (χ4v) is 4.57. The Hall–Kier alpha value is -2.67. The monoisotopic (exact) mass is 415 g/mol. The summed E-state index contributed by atoms with van der Waals surface area (Å²) in [7, 11) is -3.59. The summed E-state index contributed by atoms with van der Waals surface area (Å²) in [4.78, 5) is 27.3. The van der Waals surface area contributed by atoms with Gasteiger partial charge in [0.05, 0.1) is 17.1 Å². The van der Waals surface area contributed by atoms with Crippen LogP contribution in [0.15, 0.2) is 65.6 Å². The molecule has 0 spiro atoms. The third kappa shape index (κ3) is 5.67. The molecule has 2 aromatic rings. The lowest BCUT2D eigenvalue weighted by Gasteiger charge is -2.30. The Morgan fingerprint density at radius 3 is 2.10 bits per heavy atom. The van der Waals surface area contributed by atoms with Gasteiger partial charge in [0.2, 0.25) is 6.10 Å². The van der Waals surface area contributed by atoms with Crippen LogP contribution in [-0.4, -0.2) is 44.0 Å². The van der Waals surface area contributed by atoms with E-state index >= 15 is 0 Å². The molecule has 3 rings (SSSR count). The lowest BCUT2D eigenvalue weighted by Crippen LogP contribution is -2.40. The number of piperidine rings is 1. The molecule has 0 N–H and O–H groups in total. The molecule has 1 aliphatic rings. The van der Waals surface area contributed by atoms with E-state index in [0.29, 0.717) is 18.7 Å². The molecule has 7 heteroatoms. The van der Waals surface area contributed by atoms with Crippen molar-refractivity contribution in [1.29, 1.82) is 0 Å². The van der Waals surface area contributed by atoms with E-state index in [1.165, 1.54) is 12.1 Å². The van der Waals surface area contributed by atoms with Gasteiger partial charge in [0.15, 0.2) is 9.84 Å². The second-order valence-electron chi connectivity index (χ2n) is 7.05. The lowest BCUT2D eigenvalue weighted by molar-refractivity contribution is -0.161. The number of hydrogen-bond donors (Lipinski definition) is 0. The van der Waals surface area contributed by atoms with Crippen molar-refractivity contribution in [3.8, 4) is 0 Å². The zero-order chi connectivity index (χ0) is 20.7. The van der Waals surface area contributed by atoms with Gasteiger partial charge in [-0.15, -0.1) is 0 Å². The highest BCUT2D eigenvalue weighted by Gasteiger charge is 2.30. The first-order valence-corrected chi connectivity index (χ1v) is 11.4. The minimum absolute atomic E-state index is 0.164. The number of rotatable bonds is 7. The standard InChI is InChI=1S/C22H25NO5S/c24-20(14-17-29(26,27)19-12-6-2-7-13-19)28-21(18-10-4-1-5-11-18)22(25)23-15-8-3-9-16-23/h1-2,4-7,10-13,21H,3,8-9,14-17H2/t21-/m0/s1. The van der Waals surface area contributed by atoms with E-state index < -0.39 is 21.9 Å². The quantitative estimate of drug-likeness (QED) is 0.649. The molecular formula is C22H25NO5S. The van der Waals surface area contributed by atoms with E-state index in [1.54, 1.807) is 47.4 Å². The summed E-state index contributed by atoms with van der Waals surface area (Å²) in [6.45, 7) is 1.28. The minimum Gasteiger partial charge on any atom is -0.447 e. The number of hydrogen-bond acceptors (Lipinski definition) is 5. The SMILES string of the molecule is O=C(CCS(=O)(=O)c1ccccc1)O[C@H](C(=O)N1CCCCC1)c1ccccc1. The molecule has 1 saturated heterocycles. The largest absolute Gasteiger partial charge is 0.447 e. The normalized spacial score (nSPS) is 15.5. The van der Waals surface area contributed by atoms with E-state index in [4.69, 9.17) is 4.74 Å². The average molecular weight is 416 g/mol. The molecule has 0 unspecified atom stereocenters. The van der Waals surface area contributed by atoms with E-state index in [0.717, 1.165) is 19.3 Å². The van der Waals surface area contributed by atoms with Gasteiger partial charge in [0.1, 0.15) is 0 Å². The van der Waals surface area contributed by atoms with Crippen LogP contribution in [0, 0.1) is 0 Å². The van der Waals surface area contributed by atoms with E-state index in [1.807, 2.05) is 6.07 Å². The molecule has 1 atom stereocenters. The maximum absolute atomic E-state index is 13.0. The van der Waals surface area contributed by atoms with Crippen LogP contribution in [0.4, 0.5) is 0 Å². The Balaban J connectivity index is 1.69. The first kappa shape index (κ1) is 21.0. The Kier molecular flexibility index (Phi) is 7.04. The molecule has 0 bridgehead atoms. The number of amides is 1. The van der Waals surface area contributed by atoms with Crippen molar-refractivity contribution >= 4 is 21.7 Å². The highest BCUT2D eigenvalue weighted by atomic mass is 32.2. The van der Waals surface area contributed by atoms with E-state index in [2.05, 4.69) is 0 Å². The molecule has 1 amide bonds. The van der Waals surface area contributed by atoms with Crippen molar-refractivity contribution in [2.24, 2.45) is 0 Å². The Bertz CT molecular complexity index is 922. The predicted octanol–water partition coefficient (Wildman–Crippen LogP) is 3.15. The van der Waals surface area contributed by atoms with Crippen LogP contribution in [0.5, 0.6) is 0 Å². The molecule has 29 heavy (non-hydrogen) atoms. The first-order chi connectivity index (χ1) is 14.0. The number of carbonyl (C=O) groups excluding carboxylic acids is 2. The van der Waals surface area contributed by atoms with E-state index in [-0.39, 0.29) is 23.0 Å². The molecule has 1 heterocycles. The van der Waals surface area contributed by atoms with Crippen molar-refractivity contribution in [1.82, 2.24) is 4.90 Å². The zero-order valence-corrected chi connectivity index (χ0v) is 17.0. The summed E-state index contributed by atoms with van der Waals surface area (Å²) in [6, 6.07) is 16.8. The van der Waals surface area contributed by atoms with Gasteiger partial charge < -0.3 is 9.64 Å². The summed E-state index contributed by atoms with van der Waals surface area (Å²) < 4.78 is 30.3. The molecule has 1 aliphatic heterocycles. The van der Waals surface area contributed by atoms with Crippen LogP contribution in [-0.2, 0) is 24.2 Å². The third-order valence-corrected chi connectivity index (χ3v) is 6.65. The molecule has 154 valence electrons. The van der Waals surface area contributed by atoms with Crippen molar-refractivity contribution < 1.29 is 22.7 Å². The number of carbonyl (C=O) groups is 2. The summed E-state index contributed by atoms with van der Waals surface area (Å²) in [5, 5.41) is 0. The van der Waals surface area contributed by atoms with Crippen LogP contribution in [0.2, 0.25) is 0 Å². The zero-order valence-electron chi connectivity index (χ0n) is 16.2. The number of sulfone groups is 1. The van der Waals surface area contributed by atoms with Gasteiger partial charge in [-0.3, -0.25) is 9.59 Å². The van der Waals surface area contributed by atoms with Gasteiger partial charge in [0.25, 0.3) is 5.91 Å². The first-order valence-electron chi connectivity index (χ1n) is 9.78. The highest BCUT2D eigenvalue weighted by Crippen LogP contribution is 2.23. The average Bonchev–Trinajstić information content (AvgIpc) is 2.77. The van der Waals surface area contributed by atoms with E-state index in [9.17, 15) is 18.0 Å². The number of benzene rings is 2. The van der Waals surface area contributed by atoms with Gasteiger partial charge in [-0.1, -0.05) is 48.5 Å².